The van der Waals surface area contributed by atoms with Crippen LogP contribution in [0.25, 0.3) is 0 Å². The van der Waals surface area contributed by atoms with Gasteiger partial charge in [0.2, 0.25) is 0 Å². The summed E-state index contributed by atoms with van der Waals surface area (Å²) in [7, 11) is 1.88. The van der Waals surface area contributed by atoms with Crippen molar-refractivity contribution >= 4 is 34.7 Å². The molecule has 0 aromatic heterocycles. The van der Waals surface area contributed by atoms with Crippen LogP contribution < -0.4 is 5.32 Å². The van der Waals surface area contributed by atoms with Crippen LogP contribution in [0.1, 0.15) is 38.2 Å². The predicted octanol–water partition coefficient (Wildman–Crippen LogP) is 4.06. The van der Waals surface area contributed by atoms with E-state index in [2.05, 4.69) is 11.9 Å². The van der Waals surface area contributed by atoms with Crippen LogP contribution in [0.15, 0.2) is 36.4 Å². The number of hydrogen-bond donors (Lipinski definition) is 1. The fourth-order valence-electron chi connectivity index (χ4n) is 3.15. The minimum absolute atomic E-state index is 0.179. The zero-order valence-corrected chi connectivity index (χ0v) is 15.3. The molecule has 0 unspecified atom stereocenters. The Morgan fingerprint density at radius 2 is 2.13 bits per heavy atom. The first-order chi connectivity index (χ1) is 10.9. The van der Waals surface area contributed by atoms with Gasteiger partial charge >= 0.3 is 0 Å². The van der Waals surface area contributed by atoms with Crippen molar-refractivity contribution in [3.8, 4) is 0 Å². The van der Waals surface area contributed by atoms with Crippen LogP contribution in [0.5, 0.6) is 0 Å². The zero-order valence-electron chi connectivity index (χ0n) is 13.7. The predicted molar refractivity (Wildman–Crippen MR) is 99.8 cm³/mol. The molecule has 1 aliphatic rings. The molecule has 2 rings (SSSR count). The Morgan fingerprint density at radius 1 is 1.43 bits per heavy atom. The highest BCUT2D eigenvalue weighted by molar-refractivity contribution is 7.80. The van der Waals surface area contributed by atoms with E-state index < -0.39 is 5.54 Å². The van der Waals surface area contributed by atoms with Gasteiger partial charge in [-0.05, 0) is 44.5 Å². The van der Waals surface area contributed by atoms with Crippen LogP contribution in [-0.4, -0.2) is 29.4 Å². The first-order valence-corrected chi connectivity index (χ1v) is 8.62. The first kappa shape index (κ1) is 18.0. The van der Waals surface area contributed by atoms with E-state index in [4.69, 9.17) is 23.8 Å². The Hall–Kier alpha value is -1.39. The largest absolute Gasteiger partial charge is 0.359 e. The van der Waals surface area contributed by atoms with Crippen molar-refractivity contribution in [1.82, 2.24) is 10.2 Å². The molecule has 1 fully saturated rings. The lowest BCUT2D eigenvalue weighted by atomic mass is 9.74. The number of nitrogens with zero attached hydrogens (tertiary/aromatic N) is 1. The van der Waals surface area contributed by atoms with E-state index in [0.717, 1.165) is 30.4 Å². The second kappa shape index (κ2) is 7.45. The van der Waals surface area contributed by atoms with Gasteiger partial charge in [-0.15, -0.1) is 0 Å². The normalized spacial score (nSPS) is 20.9. The monoisotopic (exact) mass is 350 g/mol. The zero-order chi connectivity index (χ0) is 17.0. The smallest absolute Gasteiger partial charge is 0.170 e. The summed E-state index contributed by atoms with van der Waals surface area (Å²) in [5, 5.41) is 4.33. The summed E-state index contributed by atoms with van der Waals surface area (Å²) in [6, 6.07) is 7.57. The van der Waals surface area contributed by atoms with Gasteiger partial charge in [0.05, 0.1) is 0 Å². The molecule has 1 saturated carbocycles. The molecule has 0 bridgehead atoms. The molecule has 124 valence electrons. The van der Waals surface area contributed by atoms with Gasteiger partial charge in [0.15, 0.2) is 10.9 Å². The molecular formula is C18H23ClN2OS. The number of benzene rings is 1. The van der Waals surface area contributed by atoms with Crippen LogP contribution in [-0.2, 0) is 10.3 Å². The van der Waals surface area contributed by atoms with Crippen LogP contribution in [0.4, 0.5) is 0 Å². The third-order valence-corrected chi connectivity index (χ3v) is 5.14. The van der Waals surface area contributed by atoms with E-state index in [0.29, 0.717) is 23.1 Å². The fourth-order valence-corrected chi connectivity index (χ4v) is 3.67. The molecule has 1 aliphatic carbocycles. The molecule has 0 spiro atoms. The molecule has 1 aromatic rings. The number of carbonyl (C=O) groups is 1. The molecule has 3 nitrogen and oxygen atoms in total. The van der Waals surface area contributed by atoms with Gasteiger partial charge in [0, 0.05) is 30.6 Å². The summed E-state index contributed by atoms with van der Waals surface area (Å²) >= 11 is 12.0. The van der Waals surface area contributed by atoms with Gasteiger partial charge in [-0.3, -0.25) is 4.79 Å². The Balaban J connectivity index is 2.42. The van der Waals surface area contributed by atoms with Gasteiger partial charge in [0.25, 0.3) is 0 Å². The average Bonchev–Trinajstić information content (AvgIpc) is 2.53. The number of halogens is 1. The molecule has 1 aromatic carbocycles. The number of likely N-dealkylation sites (N-methyl/N-ethyl adjacent to an activating group) is 1. The maximum atomic E-state index is 12.9. The Morgan fingerprint density at radius 3 is 2.74 bits per heavy atom. The molecule has 1 atom stereocenters. The number of carbonyl (C=O) groups excluding carboxylic acids is 1. The standard InChI is InChI=1S/C18H23ClN2OS/c1-13(2)12-20-17(23)21(3)18(11-7-6-10-16(18)22)14-8-4-5-9-15(14)19/h4-5,8-9H,1,6-7,10-12H2,2-3H3,(H,20,23)/t18-/m1/s1. The minimum Gasteiger partial charge on any atom is -0.359 e. The lowest BCUT2D eigenvalue weighted by molar-refractivity contribution is -0.131. The SMILES string of the molecule is C=C(C)CNC(=S)N(C)[C@@]1(c2ccccc2Cl)CCCCC1=O. The van der Waals surface area contributed by atoms with E-state index >= 15 is 0 Å². The fraction of sp³-hybridized carbons (Fsp3) is 0.444. The minimum atomic E-state index is -0.782. The van der Waals surface area contributed by atoms with E-state index in [1.807, 2.05) is 43.1 Å². The number of thiocarbonyl (C=S) groups is 1. The lowest BCUT2D eigenvalue weighted by Gasteiger charge is -2.45. The number of rotatable bonds is 4. The number of nitrogens with one attached hydrogen (secondary N) is 1. The van der Waals surface area contributed by atoms with E-state index in [9.17, 15) is 4.79 Å². The molecule has 0 saturated heterocycles. The Bertz CT molecular complexity index is 631. The quantitative estimate of drug-likeness (QED) is 0.655. The molecular weight excluding hydrogens is 328 g/mol. The summed E-state index contributed by atoms with van der Waals surface area (Å²) in [6.07, 6.45) is 3.18. The van der Waals surface area contributed by atoms with Gasteiger partial charge in [-0.25, -0.2) is 0 Å². The van der Waals surface area contributed by atoms with Gasteiger partial charge in [0.1, 0.15) is 5.54 Å². The maximum absolute atomic E-state index is 12.9. The van der Waals surface area contributed by atoms with Gasteiger partial charge < -0.3 is 10.2 Å². The third kappa shape index (κ3) is 3.59. The number of ketones is 1. The summed E-state index contributed by atoms with van der Waals surface area (Å²) in [6.45, 7) is 6.40. The van der Waals surface area contributed by atoms with E-state index in [-0.39, 0.29) is 5.78 Å². The summed E-state index contributed by atoms with van der Waals surface area (Å²) in [5.74, 6) is 0.179. The Kier molecular flexibility index (Phi) is 5.82. The number of hydrogen-bond acceptors (Lipinski definition) is 2. The van der Waals surface area contributed by atoms with Crippen molar-refractivity contribution < 1.29 is 4.79 Å². The molecule has 0 heterocycles. The van der Waals surface area contributed by atoms with Crippen molar-refractivity contribution in [2.24, 2.45) is 0 Å². The van der Waals surface area contributed by atoms with Gasteiger partial charge in [-0.1, -0.05) is 42.0 Å². The third-order valence-electron chi connectivity index (χ3n) is 4.39. The molecule has 0 aliphatic heterocycles. The molecule has 23 heavy (non-hydrogen) atoms. The molecule has 5 heteroatoms. The average molecular weight is 351 g/mol. The van der Waals surface area contributed by atoms with Crippen LogP contribution >= 0.6 is 23.8 Å². The van der Waals surface area contributed by atoms with Gasteiger partial charge in [-0.2, -0.15) is 0 Å². The highest BCUT2D eigenvalue weighted by Crippen LogP contribution is 2.42. The maximum Gasteiger partial charge on any atom is 0.170 e. The van der Waals surface area contributed by atoms with Crippen molar-refractivity contribution in [3.05, 3.63) is 47.0 Å². The van der Waals surface area contributed by atoms with Crippen LogP contribution in [0.2, 0.25) is 5.02 Å². The van der Waals surface area contributed by atoms with Crippen molar-refractivity contribution in [2.45, 2.75) is 38.1 Å². The summed E-state index contributed by atoms with van der Waals surface area (Å²) in [5.41, 5.74) is 1.05. The highest BCUT2D eigenvalue weighted by Gasteiger charge is 2.46. The van der Waals surface area contributed by atoms with Crippen LogP contribution in [0, 0.1) is 0 Å². The van der Waals surface area contributed by atoms with Crippen molar-refractivity contribution in [2.75, 3.05) is 13.6 Å². The summed E-state index contributed by atoms with van der Waals surface area (Å²) < 4.78 is 0. The van der Waals surface area contributed by atoms with Crippen molar-refractivity contribution in [3.63, 3.8) is 0 Å². The molecule has 1 N–H and O–H groups in total. The second-order valence-electron chi connectivity index (χ2n) is 6.15. The first-order valence-electron chi connectivity index (χ1n) is 7.84. The summed E-state index contributed by atoms with van der Waals surface area (Å²) in [4.78, 5) is 14.8. The van der Waals surface area contributed by atoms with Crippen LogP contribution in [0.3, 0.4) is 0 Å². The number of Topliss-reactive ketones (excluding diaryl/α,β-unsaturated/α-hetero) is 1. The molecule has 0 radical (unpaired) electrons. The Labute approximate surface area is 148 Å². The van der Waals surface area contributed by atoms with E-state index in [1.165, 1.54) is 0 Å². The lowest BCUT2D eigenvalue weighted by Crippen LogP contribution is -2.56. The highest BCUT2D eigenvalue weighted by atomic mass is 35.5. The molecule has 0 amide bonds. The van der Waals surface area contributed by atoms with E-state index in [1.54, 1.807) is 0 Å². The second-order valence-corrected chi connectivity index (χ2v) is 6.94. The van der Waals surface area contributed by atoms with Crippen molar-refractivity contribution in [1.29, 1.82) is 0 Å². The topological polar surface area (TPSA) is 32.3 Å².